The van der Waals surface area contributed by atoms with Crippen LogP contribution < -0.4 is 10.6 Å². The average molecular weight is 304 g/mol. The summed E-state index contributed by atoms with van der Waals surface area (Å²) in [6.45, 7) is 5.81. The van der Waals surface area contributed by atoms with Crippen molar-refractivity contribution in [3.05, 3.63) is 64.7 Å². The van der Waals surface area contributed by atoms with Gasteiger partial charge in [-0.05, 0) is 44.0 Å². The zero-order valence-electron chi connectivity index (χ0n) is 12.7. The highest BCUT2D eigenvalue weighted by Gasteiger charge is 2.13. The SMILES string of the molecule is Cc1ccc(C(C)NC(=O)Nc2ccc(F)cc2F)c(C)c1. The second-order valence-corrected chi connectivity index (χ2v) is 5.30. The van der Waals surface area contributed by atoms with Crippen LogP contribution in [0.4, 0.5) is 19.3 Å². The molecule has 2 N–H and O–H groups in total. The van der Waals surface area contributed by atoms with Crippen LogP contribution in [0.2, 0.25) is 0 Å². The van der Waals surface area contributed by atoms with E-state index in [1.807, 2.05) is 39.0 Å². The Labute approximate surface area is 128 Å². The van der Waals surface area contributed by atoms with E-state index < -0.39 is 17.7 Å². The Kier molecular flexibility index (Phi) is 4.75. The summed E-state index contributed by atoms with van der Waals surface area (Å²) < 4.78 is 26.3. The van der Waals surface area contributed by atoms with E-state index in [-0.39, 0.29) is 11.7 Å². The number of halogens is 2. The number of anilines is 1. The molecule has 2 rings (SSSR count). The molecule has 0 saturated carbocycles. The monoisotopic (exact) mass is 304 g/mol. The summed E-state index contributed by atoms with van der Waals surface area (Å²) in [5.74, 6) is -1.50. The van der Waals surface area contributed by atoms with E-state index in [9.17, 15) is 13.6 Å². The zero-order valence-corrected chi connectivity index (χ0v) is 12.7. The minimum atomic E-state index is -0.811. The molecule has 0 heterocycles. The van der Waals surface area contributed by atoms with Crippen LogP contribution in [-0.2, 0) is 0 Å². The van der Waals surface area contributed by atoms with Gasteiger partial charge in [-0.1, -0.05) is 23.8 Å². The second kappa shape index (κ2) is 6.56. The molecule has 2 aromatic rings. The van der Waals surface area contributed by atoms with E-state index in [0.717, 1.165) is 28.8 Å². The number of aryl methyl sites for hydroxylation is 2. The van der Waals surface area contributed by atoms with Crippen LogP contribution in [0, 0.1) is 25.5 Å². The molecular formula is C17H18F2N2O. The standard InChI is InChI=1S/C17H18F2N2O/c1-10-4-6-14(11(2)8-10)12(3)20-17(22)21-16-7-5-13(18)9-15(16)19/h4-9,12H,1-3H3,(H2,20,21,22). The Morgan fingerprint density at radius 3 is 2.45 bits per heavy atom. The summed E-state index contributed by atoms with van der Waals surface area (Å²) in [5, 5.41) is 5.11. The lowest BCUT2D eigenvalue weighted by Gasteiger charge is -2.17. The van der Waals surface area contributed by atoms with Gasteiger partial charge in [0.15, 0.2) is 0 Å². The molecular weight excluding hydrogens is 286 g/mol. The van der Waals surface area contributed by atoms with Crippen molar-refractivity contribution >= 4 is 11.7 Å². The number of carbonyl (C=O) groups excluding carboxylic acids is 1. The van der Waals surface area contributed by atoms with Crippen LogP contribution in [0.15, 0.2) is 36.4 Å². The molecule has 0 saturated heterocycles. The lowest BCUT2D eigenvalue weighted by atomic mass is 10.0. The van der Waals surface area contributed by atoms with Crippen molar-refractivity contribution in [2.75, 3.05) is 5.32 Å². The van der Waals surface area contributed by atoms with Gasteiger partial charge < -0.3 is 10.6 Å². The topological polar surface area (TPSA) is 41.1 Å². The molecule has 2 amide bonds. The highest BCUT2D eigenvalue weighted by Crippen LogP contribution is 2.19. The highest BCUT2D eigenvalue weighted by molar-refractivity contribution is 5.89. The summed E-state index contributed by atoms with van der Waals surface area (Å²) in [7, 11) is 0. The smallest absolute Gasteiger partial charge is 0.319 e. The van der Waals surface area contributed by atoms with Crippen LogP contribution in [0.5, 0.6) is 0 Å². The maximum Gasteiger partial charge on any atom is 0.319 e. The molecule has 5 heteroatoms. The summed E-state index contributed by atoms with van der Waals surface area (Å²) in [5.41, 5.74) is 3.14. The van der Waals surface area contributed by atoms with E-state index in [2.05, 4.69) is 10.6 Å². The van der Waals surface area contributed by atoms with Gasteiger partial charge in [-0.25, -0.2) is 13.6 Å². The summed E-state index contributed by atoms with van der Waals surface area (Å²) in [6, 6.07) is 8.18. The molecule has 22 heavy (non-hydrogen) atoms. The van der Waals surface area contributed by atoms with Crippen LogP contribution in [0.25, 0.3) is 0 Å². The lowest BCUT2D eigenvalue weighted by molar-refractivity contribution is 0.249. The molecule has 1 unspecified atom stereocenters. The average Bonchev–Trinajstić information content (AvgIpc) is 2.41. The second-order valence-electron chi connectivity index (χ2n) is 5.30. The fraction of sp³-hybridized carbons (Fsp3) is 0.235. The zero-order chi connectivity index (χ0) is 16.3. The van der Waals surface area contributed by atoms with Crippen molar-refractivity contribution in [1.82, 2.24) is 5.32 Å². The molecule has 0 aromatic heterocycles. The number of amides is 2. The number of carbonyl (C=O) groups is 1. The number of hydrogen-bond acceptors (Lipinski definition) is 1. The fourth-order valence-corrected chi connectivity index (χ4v) is 2.34. The Hall–Kier alpha value is -2.43. The van der Waals surface area contributed by atoms with Gasteiger partial charge in [0.25, 0.3) is 0 Å². The Morgan fingerprint density at radius 1 is 1.09 bits per heavy atom. The van der Waals surface area contributed by atoms with Gasteiger partial charge in [-0.2, -0.15) is 0 Å². The van der Waals surface area contributed by atoms with E-state index in [0.29, 0.717) is 0 Å². The minimum absolute atomic E-state index is 0.0632. The van der Waals surface area contributed by atoms with E-state index in [1.165, 1.54) is 6.07 Å². The van der Waals surface area contributed by atoms with Crippen LogP contribution in [0.1, 0.15) is 29.7 Å². The van der Waals surface area contributed by atoms with Crippen LogP contribution in [-0.4, -0.2) is 6.03 Å². The van der Waals surface area contributed by atoms with Gasteiger partial charge in [0.05, 0.1) is 11.7 Å². The van der Waals surface area contributed by atoms with Crippen molar-refractivity contribution in [3.8, 4) is 0 Å². The molecule has 0 radical (unpaired) electrons. The van der Waals surface area contributed by atoms with Gasteiger partial charge in [0.1, 0.15) is 11.6 Å². The number of nitrogens with one attached hydrogen (secondary N) is 2. The van der Waals surface area contributed by atoms with Crippen molar-refractivity contribution in [3.63, 3.8) is 0 Å². The molecule has 0 fully saturated rings. The van der Waals surface area contributed by atoms with Crippen molar-refractivity contribution in [2.24, 2.45) is 0 Å². The Balaban J connectivity index is 2.05. The third-order valence-corrected chi connectivity index (χ3v) is 3.42. The van der Waals surface area contributed by atoms with E-state index in [4.69, 9.17) is 0 Å². The molecule has 0 aliphatic rings. The predicted molar refractivity (Wildman–Crippen MR) is 82.8 cm³/mol. The normalized spacial score (nSPS) is 11.9. The molecule has 0 aliphatic heterocycles. The number of urea groups is 1. The summed E-state index contributed by atoms with van der Waals surface area (Å²) in [4.78, 5) is 11.9. The fourth-order valence-electron chi connectivity index (χ4n) is 2.34. The Bertz CT molecular complexity index is 701. The van der Waals surface area contributed by atoms with Gasteiger partial charge in [-0.15, -0.1) is 0 Å². The first-order chi connectivity index (χ1) is 10.4. The van der Waals surface area contributed by atoms with Crippen LogP contribution in [0.3, 0.4) is 0 Å². The van der Waals surface area contributed by atoms with Crippen molar-refractivity contribution in [2.45, 2.75) is 26.8 Å². The molecule has 1 atom stereocenters. The number of benzene rings is 2. The summed E-state index contributed by atoms with van der Waals surface area (Å²) >= 11 is 0. The predicted octanol–water partition coefficient (Wildman–Crippen LogP) is 4.46. The molecule has 0 spiro atoms. The van der Waals surface area contributed by atoms with Gasteiger partial charge in [0, 0.05) is 6.07 Å². The van der Waals surface area contributed by atoms with Crippen LogP contribution >= 0.6 is 0 Å². The van der Waals surface area contributed by atoms with Gasteiger partial charge in [-0.3, -0.25) is 0 Å². The maximum atomic E-state index is 13.5. The van der Waals surface area contributed by atoms with Crippen molar-refractivity contribution in [1.29, 1.82) is 0 Å². The lowest BCUT2D eigenvalue weighted by Crippen LogP contribution is -2.31. The largest absolute Gasteiger partial charge is 0.331 e. The quantitative estimate of drug-likeness (QED) is 0.863. The first-order valence-electron chi connectivity index (χ1n) is 6.96. The highest BCUT2D eigenvalue weighted by atomic mass is 19.1. The number of hydrogen-bond donors (Lipinski definition) is 2. The van der Waals surface area contributed by atoms with E-state index >= 15 is 0 Å². The third kappa shape index (κ3) is 3.81. The first kappa shape index (κ1) is 15.9. The van der Waals surface area contributed by atoms with E-state index in [1.54, 1.807) is 0 Å². The van der Waals surface area contributed by atoms with Crippen molar-refractivity contribution < 1.29 is 13.6 Å². The third-order valence-electron chi connectivity index (χ3n) is 3.42. The van der Waals surface area contributed by atoms with Gasteiger partial charge >= 0.3 is 6.03 Å². The molecule has 3 nitrogen and oxygen atoms in total. The molecule has 0 bridgehead atoms. The molecule has 0 aliphatic carbocycles. The number of rotatable bonds is 3. The first-order valence-corrected chi connectivity index (χ1v) is 6.96. The maximum absolute atomic E-state index is 13.5. The minimum Gasteiger partial charge on any atom is -0.331 e. The van der Waals surface area contributed by atoms with Gasteiger partial charge in [0.2, 0.25) is 0 Å². The molecule has 116 valence electrons. The summed E-state index contributed by atoms with van der Waals surface area (Å²) in [6.07, 6.45) is 0. The Morgan fingerprint density at radius 2 is 1.82 bits per heavy atom. The molecule has 2 aromatic carbocycles.